The number of nitrogens with zero attached hydrogens (tertiary/aromatic N) is 3. The fourth-order valence-corrected chi connectivity index (χ4v) is 1.89. The Balaban J connectivity index is 1.75. The number of hydrogen-bond donors (Lipinski definition) is 3. The van der Waals surface area contributed by atoms with Gasteiger partial charge < -0.3 is 21.3 Å². The lowest BCUT2D eigenvalue weighted by molar-refractivity contribution is 0.587. The highest BCUT2D eigenvalue weighted by molar-refractivity contribution is 5.97. The Hall–Kier alpha value is -3.35. The molecular formula is C15H14N6O. The smallest absolute Gasteiger partial charge is 0.320 e. The molecule has 7 nitrogen and oxygen atoms in total. The number of nitrogens with one attached hydrogen (secondary N) is 1. The van der Waals surface area contributed by atoms with Gasteiger partial charge in [-0.25, -0.2) is 0 Å². The van der Waals surface area contributed by atoms with Crippen LogP contribution >= 0.6 is 0 Å². The molecule has 1 aromatic heterocycles. The van der Waals surface area contributed by atoms with Gasteiger partial charge in [-0.1, -0.05) is 23.3 Å². The number of aromatic nitrogens is 2. The molecule has 0 atom stereocenters. The van der Waals surface area contributed by atoms with Crippen LogP contribution in [0.25, 0.3) is 11.5 Å². The standard InChI is InChI=1S/C15H14N6O/c16-13(19-17)10-6-8-12(9-7-10)18-15-21-20-14(22-15)11-4-2-1-3-5-11/h1-9H,17H2,(H2,16,19)(H,18,21). The molecule has 0 aliphatic rings. The maximum Gasteiger partial charge on any atom is 0.320 e. The average Bonchev–Trinajstić information content (AvgIpc) is 3.04. The number of hydrazone groups is 1. The molecule has 0 saturated heterocycles. The predicted molar refractivity (Wildman–Crippen MR) is 84.4 cm³/mol. The first-order valence-corrected chi connectivity index (χ1v) is 6.56. The van der Waals surface area contributed by atoms with Crippen LogP contribution < -0.4 is 16.9 Å². The van der Waals surface area contributed by atoms with Crippen molar-refractivity contribution >= 4 is 17.5 Å². The summed E-state index contributed by atoms with van der Waals surface area (Å²) in [7, 11) is 0. The van der Waals surface area contributed by atoms with Gasteiger partial charge in [0.1, 0.15) is 5.84 Å². The normalized spacial score (nSPS) is 11.4. The lowest BCUT2D eigenvalue weighted by Crippen LogP contribution is -2.15. The lowest BCUT2D eigenvalue weighted by Gasteiger charge is -2.03. The van der Waals surface area contributed by atoms with Gasteiger partial charge in [0.25, 0.3) is 0 Å². The molecule has 110 valence electrons. The fraction of sp³-hybridized carbons (Fsp3) is 0. The number of benzene rings is 2. The zero-order valence-corrected chi connectivity index (χ0v) is 11.6. The third-order valence-electron chi connectivity index (χ3n) is 3.02. The Morgan fingerprint density at radius 2 is 1.73 bits per heavy atom. The van der Waals surface area contributed by atoms with Crippen LogP contribution in [-0.2, 0) is 0 Å². The van der Waals surface area contributed by atoms with E-state index in [1.54, 1.807) is 12.1 Å². The first-order chi connectivity index (χ1) is 10.8. The van der Waals surface area contributed by atoms with Crippen molar-refractivity contribution in [2.45, 2.75) is 0 Å². The number of hydrogen-bond acceptors (Lipinski definition) is 6. The van der Waals surface area contributed by atoms with E-state index >= 15 is 0 Å². The summed E-state index contributed by atoms with van der Waals surface area (Å²) in [6.45, 7) is 0. The van der Waals surface area contributed by atoms with E-state index < -0.39 is 0 Å². The molecule has 3 aromatic rings. The summed E-state index contributed by atoms with van der Waals surface area (Å²) in [4.78, 5) is 0. The molecule has 3 rings (SSSR count). The van der Waals surface area contributed by atoms with Gasteiger partial charge in [-0.2, -0.15) is 5.10 Å². The van der Waals surface area contributed by atoms with Gasteiger partial charge in [-0.3, -0.25) is 0 Å². The monoisotopic (exact) mass is 294 g/mol. The van der Waals surface area contributed by atoms with Crippen molar-refractivity contribution in [3.8, 4) is 11.5 Å². The van der Waals surface area contributed by atoms with Crippen LogP contribution in [0.5, 0.6) is 0 Å². The summed E-state index contributed by atoms with van der Waals surface area (Å²) in [5.41, 5.74) is 8.02. The van der Waals surface area contributed by atoms with Crippen molar-refractivity contribution in [1.29, 1.82) is 0 Å². The SMILES string of the molecule is NN=C(N)c1ccc(Nc2nnc(-c3ccccc3)o2)cc1. The van der Waals surface area contributed by atoms with Crippen molar-refractivity contribution in [1.82, 2.24) is 10.2 Å². The van der Waals surface area contributed by atoms with Crippen LogP contribution in [-0.4, -0.2) is 16.0 Å². The van der Waals surface area contributed by atoms with E-state index in [-0.39, 0.29) is 5.84 Å². The number of amidine groups is 1. The minimum Gasteiger partial charge on any atom is -0.403 e. The van der Waals surface area contributed by atoms with Crippen LogP contribution in [0.1, 0.15) is 5.56 Å². The van der Waals surface area contributed by atoms with Crippen molar-refractivity contribution in [3.05, 3.63) is 60.2 Å². The van der Waals surface area contributed by atoms with Gasteiger partial charge in [0, 0.05) is 16.8 Å². The van der Waals surface area contributed by atoms with Gasteiger partial charge >= 0.3 is 6.01 Å². The summed E-state index contributed by atoms with van der Waals surface area (Å²) in [5, 5.41) is 14.4. The summed E-state index contributed by atoms with van der Waals surface area (Å²) >= 11 is 0. The average molecular weight is 294 g/mol. The Kier molecular flexibility index (Phi) is 3.69. The van der Waals surface area contributed by atoms with Crippen LogP contribution in [0.3, 0.4) is 0 Å². The summed E-state index contributed by atoms with van der Waals surface area (Å²) in [6, 6.07) is 17.1. The van der Waals surface area contributed by atoms with E-state index in [4.69, 9.17) is 16.0 Å². The first kappa shape index (κ1) is 13.6. The zero-order chi connectivity index (χ0) is 15.4. The highest BCUT2D eigenvalue weighted by Gasteiger charge is 2.08. The summed E-state index contributed by atoms with van der Waals surface area (Å²) in [5.74, 6) is 5.87. The maximum absolute atomic E-state index is 5.63. The van der Waals surface area contributed by atoms with E-state index in [2.05, 4.69) is 20.6 Å². The van der Waals surface area contributed by atoms with Gasteiger partial charge in [-0.15, -0.1) is 5.10 Å². The lowest BCUT2D eigenvalue weighted by atomic mass is 10.2. The van der Waals surface area contributed by atoms with Gasteiger partial charge in [0.15, 0.2) is 0 Å². The second kappa shape index (κ2) is 5.96. The van der Waals surface area contributed by atoms with Crippen molar-refractivity contribution in [2.75, 3.05) is 5.32 Å². The zero-order valence-electron chi connectivity index (χ0n) is 11.6. The largest absolute Gasteiger partial charge is 0.403 e. The van der Waals surface area contributed by atoms with Crippen LogP contribution in [0, 0.1) is 0 Å². The van der Waals surface area contributed by atoms with Gasteiger partial charge in [-0.05, 0) is 36.4 Å². The third-order valence-corrected chi connectivity index (χ3v) is 3.02. The predicted octanol–water partition coefficient (Wildman–Crippen LogP) is 2.06. The molecule has 0 fully saturated rings. The molecule has 0 unspecified atom stereocenters. The molecule has 2 aromatic carbocycles. The van der Waals surface area contributed by atoms with Crippen molar-refractivity contribution in [2.24, 2.45) is 16.7 Å². The Morgan fingerprint density at radius 1 is 1.00 bits per heavy atom. The summed E-state index contributed by atoms with van der Waals surface area (Å²) < 4.78 is 5.57. The molecule has 0 radical (unpaired) electrons. The third kappa shape index (κ3) is 2.88. The van der Waals surface area contributed by atoms with Crippen LogP contribution in [0.2, 0.25) is 0 Å². The second-order valence-electron chi connectivity index (χ2n) is 4.50. The number of nitrogens with two attached hydrogens (primary N) is 2. The van der Waals surface area contributed by atoms with E-state index in [0.717, 1.165) is 16.8 Å². The van der Waals surface area contributed by atoms with Crippen molar-refractivity contribution < 1.29 is 4.42 Å². The van der Waals surface area contributed by atoms with E-state index in [9.17, 15) is 0 Å². The Labute approximate surface area is 126 Å². The minimum atomic E-state index is 0.274. The maximum atomic E-state index is 5.63. The molecule has 0 bridgehead atoms. The van der Waals surface area contributed by atoms with Gasteiger partial charge in [0.05, 0.1) is 0 Å². The van der Waals surface area contributed by atoms with Crippen LogP contribution in [0.4, 0.5) is 11.7 Å². The first-order valence-electron chi connectivity index (χ1n) is 6.56. The van der Waals surface area contributed by atoms with Gasteiger partial charge in [0.2, 0.25) is 5.89 Å². The van der Waals surface area contributed by atoms with Crippen molar-refractivity contribution in [3.63, 3.8) is 0 Å². The highest BCUT2D eigenvalue weighted by atomic mass is 16.4. The highest BCUT2D eigenvalue weighted by Crippen LogP contribution is 2.21. The Morgan fingerprint density at radius 3 is 2.41 bits per heavy atom. The number of anilines is 2. The molecule has 0 saturated carbocycles. The minimum absolute atomic E-state index is 0.274. The number of rotatable bonds is 4. The molecule has 5 N–H and O–H groups in total. The molecular weight excluding hydrogens is 280 g/mol. The van der Waals surface area contributed by atoms with E-state index in [0.29, 0.717) is 11.9 Å². The molecule has 1 heterocycles. The second-order valence-corrected chi connectivity index (χ2v) is 4.50. The Bertz CT molecular complexity index is 779. The quantitative estimate of drug-likeness (QED) is 0.293. The van der Waals surface area contributed by atoms with E-state index in [1.807, 2.05) is 42.5 Å². The van der Waals surface area contributed by atoms with Crippen LogP contribution in [0.15, 0.2) is 64.1 Å². The molecule has 0 aliphatic carbocycles. The molecule has 22 heavy (non-hydrogen) atoms. The van der Waals surface area contributed by atoms with E-state index in [1.165, 1.54) is 0 Å². The molecule has 0 amide bonds. The molecule has 0 spiro atoms. The fourth-order valence-electron chi connectivity index (χ4n) is 1.89. The topological polar surface area (TPSA) is 115 Å². The summed E-state index contributed by atoms with van der Waals surface area (Å²) in [6.07, 6.45) is 0. The molecule has 0 aliphatic heterocycles. The molecule has 7 heteroatoms.